The van der Waals surface area contributed by atoms with Gasteiger partial charge in [0, 0.05) is 24.7 Å². The minimum atomic E-state index is -3.88. The lowest BCUT2D eigenvalue weighted by Gasteiger charge is -2.31. The third-order valence-corrected chi connectivity index (χ3v) is 6.19. The molecule has 3 rings (SSSR count). The number of aromatic carboxylic acids is 1. The quantitative estimate of drug-likeness (QED) is 0.856. The van der Waals surface area contributed by atoms with E-state index in [2.05, 4.69) is 14.7 Å². The third kappa shape index (κ3) is 2.62. The first-order valence-corrected chi connectivity index (χ1v) is 8.81. The summed E-state index contributed by atoms with van der Waals surface area (Å²) < 4.78 is 31.9. The Morgan fingerprint density at radius 1 is 1.45 bits per heavy atom. The van der Waals surface area contributed by atoms with Gasteiger partial charge < -0.3 is 5.11 Å². The van der Waals surface area contributed by atoms with E-state index >= 15 is 0 Å². The Balaban J connectivity index is 1.89. The Morgan fingerprint density at radius 2 is 2.27 bits per heavy atom. The number of sulfonamides is 1. The number of hydrogen-bond donors (Lipinski definition) is 1. The zero-order valence-electron chi connectivity index (χ0n) is 11.4. The zero-order valence-corrected chi connectivity index (χ0v) is 13.0. The maximum Gasteiger partial charge on any atom is 0.357 e. The minimum Gasteiger partial charge on any atom is -0.476 e. The topological polar surface area (TPSA) is 118 Å². The SMILES string of the molecule is O=C(O)c1nscc1S(=O)(=O)N1CCCC(n2ccnn2)C1. The molecule has 0 spiro atoms. The van der Waals surface area contributed by atoms with Crippen molar-refractivity contribution in [3.8, 4) is 0 Å². The van der Waals surface area contributed by atoms with Crippen molar-refractivity contribution in [1.29, 1.82) is 0 Å². The largest absolute Gasteiger partial charge is 0.476 e. The van der Waals surface area contributed by atoms with Crippen molar-refractivity contribution < 1.29 is 18.3 Å². The van der Waals surface area contributed by atoms with E-state index in [1.165, 1.54) is 9.69 Å². The Labute approximate surface area is 130 Å². The summed E-state index contributed by atoms with van der Waals surface area (Å²) in [5, 5.41) is 18.0. The molecule has 0 amide bonds. The average molecular weight is 343 g/mol. The summed E-state index contributed by atoms with van der Waals surface area (Å²) in [6.45, 7) is 0.586. The van der Waals surface area contributed by atoms with Crippen LogP contribution in [0.1, 0.15) is 29.4 Å². The molecule has 0 aromatic carbocycles. The van der Waals surface area contributed by atoms with Gasteiger partial charge in [0.15, 0.2) is 5.69 Å². The number of rotatable bonds is 4. The summed E-state index contributed by atoms with van der Waals surface area (Å²) >= 11 is 0.820. The number of aromatic nitrogens is 4. The lowest BCUT2D eigenvalue weighted by Crippen LogP contribution is -2.41. The van der Waals surface area contributed by atoms with Gasteiger partial charge >= 0.3 is 5.97 Å². The van der Waals surface area contributed by atoms with Crippen molar-refractivity contribution in [2.45, 2.75) is 23.8 Å². The molecule has 1 atom stereocenters. The number of carbonyl (C=O) groups is 1. The predicted octanol–water partition coefficient (Wildman–Crippen LogP) is 0.459. The second-order valence-electron chi connectivity index (χ2n) is 4.87. The fourth-order valence-corrected chi connectivity index (χ4v) is 5.07. The van der Waals surface area contributed by atoms with Gasteiger partial charge in [-0.25, -0.2) is 17.9 Å². The van der Waals surface area contributed by atoms with Gasteiger partial charge in [0.25, 0.3) is 0 Å². The number of carboxylic acid groups (broad SMARTS) is 1. The van der Waals surface area contributed by atoms with E-state index in [0.29, 0.717) is 13.0 Å². The predicted molar refractivity (Wildman–Crippen MR) is 76.1 cm³/mol. The Kier molecular flexibility index (Phi) is 3.93. The average Bonchev–Trinajstić information content (AvgIpc) is 3.19. The highest BCUT2D eigenvalue weighted by molar-refractivity contribution is 7.89. The molecule has 118 valence electrons. The van der Waals surface area contributed by atoms with Gasteiger partial charge in [0.05, 0.1) is 12.2 Å². The fourth-order valence-electron chi connectivity index (χ4n) is 2.46. The van der Waals surface area contributed by atoms with E-state index in [4.69, 9.17) is 5.11 Å². The van der Waals surface area contributed by atoms with Crippen LogP contribution in [0.25, 0.3) is 0 Å². The van der Waals surface area contributed by atoms with Gasteiger partial charge in [-0.15, -0.1) is 5.10 Å². The fraction of sp³-hybridized carbons (Fsp3) is 0.455. The maximum atomic E-state index is 12.7. The van der Waals surface area contributed by atoms with Crippen LogP contribution in [-0.2, 0) is 10.0 Å². The number of carboxylic acids is 1. The van der Waals surface area contributed by atoms with Crippen LogP contribution in [0.5, 0.6) is 0 Å². The zero-order chi connectivity index (χ0) is 15.7. The number of piperidine rings is 1. The highest BCUT2D eigenvalue weighted by Crippen LogP contribution is 2.28. The van der Waals surface area contributed by atoms with Crippen LogP contribution in [0.2, 0.25) is 0 Å². The Bertz CT molecular complexity index is 770. The van der Waals surface area contributed by atoms with Crippen LogP contribution in [0.15, 0.2) is 22.7 Å². The van der Waals surface area contributed by atoms with Crippen LogP contribution in [0, 0.1) is 0 Å². The summed E-state index contributed by atoms with van der Waals surface area (Å²) in [5.74, 6) is -1.34. The normalized spacial score (nSPS) is 20.1. The molecule has 0 bridgehead atoms. The summed E-state index contributed by atoms with van der Waals surface area (Å²) in [5.41, 5.74) is -0.423. The first-order valence-electron chi connectivity index (χ1n) is 6.54. The van der Waals surface area contributed by atoms with E-state index in [0.717, 1.165) is 18.0 Å². The first-order chi connectivity index (χ1) is 10.5. The highest BCUT2D eigenvalue weighted by Gasteiger charge is 2.35. The molecule has 1 N–H and O–H groups in total. The molecular formula is C11H13N5O4S2. The summed E-state index contributed by atoms with van der Waals surface area (Å²) in [4.78, 5) is 10.9. The molecule has 1 unspecified atom stereocenters. The van der Waals surface area contributed by atoms with Crippen molar-refractivity contribution >= 4 is 27.5 Å². The molecule has 3 heterocycles. The molecule has 0 aliphatic carbocycles. The van der Waals surface area contributed by atoms with Gasteiger partial charge in [0.2, 0.25) is 10.0 Å². The molecule has 1 fully saturated rings. The van der Waals surface area contributed by atoms with Crippen molar-refractivity contribution in [2.75, 3.05) is 13.1 Å². The molecule has 1 aliphatic heterocycles. The number of hydrogen-bond acceptors (Lipinski definition) is 7. The standard InChI is InChI=1S/C11H13N5O4S2/c17-11(18)10-9(7-21-13-10)22(19,20)15-4-1-2-8(6-15)16-5-3-12-14-16/h3,5,7-8H,1-2,4,6H2,(H,17,18). The molecule has 2 aromatic heterocycles. The Morgan fingerprint density at radius 3 is 2.95 bits per heavy atom. The molecule has 0 radical (unpaired) electrons. The van der Waals surface area contributed by atoms with Gasteiger partial charge in [-0.1, -0.05) is 5.21 Å². The lowest BCUT2D eigenvalue weighted by atomic mass is 10.1. The Hall–Kier alpha value is -1.85. The maximum absolute atomic E-state index is 12.7. The summed E-state index contributed by atoms with van der Waals surface area (Å²) in [6.07, 6.45) is 4.70. The minimum absolute atomic E-state index is 0.106. The molecule has 0 saturated carbocycles. The lowest BCUT2D eigenvalue weighted by molar-refractivity contribution is 0.0687. The molecule has 2 aromatic rings. The van der Waals surface area contributed by atoms with Crippen molar-refractivity contribution in [2.24, 2.45) is 0 Å². The highest BCUT2D eigenvalue weighted by atomic mass is 32.2. The molecule has 1 saturated heterocycles. The van der Waals surface area contributed by atoms with E-state index in [1.807, 2.05) is 0 Å². The summed E-state index contributed by atoms with van der Waals surface area (Å²) in [7, 11) is -3.88. The van der Waals surface area contributed by atoms with Crippen LogP contribution in [0.3, 0.4) is 0 Å². The summed E-state index contributed by atoms with van der Waals surface area (Å²) in [6, 6.07) is -0.106. The van der Waals surface area contributed by atoms with Crippen LogP contribution in [-0.4, -0.2) is 56.3 Å². The van der Waals surface area contributed by atoms with E-state index < -0.39 is 21.7 Å². The van der Waals surface area contributed by atoms with Gasteiger partial charge in [0.1, 0.15) is 4.90 Å². The van der Waals surface area contributed by atoms with Gasteiger partial charge in [-0.3, -0.25) is 0 Å². The monoisotopic (exact) mass is 343 g/mol. The van der Waals surface area contributed by atoms with Crippen molar-refractivity contribution in [3.63, 3.8) is 0 Å². The second kappa shape index (κ2) is 5.74. The van der Waals surface area contributed by atoms with Crippen molar-refractivity contribution in [3.05, 3.63) is 23.5 Å². The van der Waals surface area contributed by atoms with E-state index in [9.17, 15) is 13.2 Å². The number of nitrogens with zero attached hydrogens (tertiary/aromatic N) is 5. The molecule has 9 nitrogen and oxygen atoms in total. The second-order valence-corrected chi connectivity index (χ2v) is 7.41. The molecule has 1 aliphatic rings. The first kappa shape index (κ1) is 15.1. The molecule has 11 heteroatoms. The third-order valence-electron chi connectivity index (χ3n) is 3.53. The van der Waals surface area contributed by atoms with E-state index in [-0.39, 0.29) is 17.5 Å². The molecule has 22 heavy (non-hydrogen) atoms. The van der Waals surface area contributed by atoms with Crippen molar-refractivity contribution in [1.82, 2.24) is 23.7 Å². The van der Waals surface area contributed by atoms with Crippen LogP contribution in [0.4, 0.5) is 0 Å². The smallest absolute Gasteiger partial charge is 0.357 e. The van der Waals surface area contributed by atoms with Gasteiger partial charge in [-0.05, 0) is 24.4 Å². The van der Waals surface area contributed by atoms with Gasteiger partial charge in [-0.2, -0.15) is 8.68 Å². The van der Waals surface area contributed by atoms with Crippen LogP contribution < -0.4 is 0 Å². The molecular weight excluding hydrogens is 330 g/mol. The van der Waals surface area contributed by atoms with Crippen LogP contribution >= 0.6 is 11.5 Å². The van der Waals surface area contributed by atoms with E-state index in [1.54, 1.807) is 17.1 Å².